The van der Waals surface area contributed by atoms with E-state index in [4.69, 9.17) is 10.5 Å². The molecule has 1 aliphatic rings. The molecule has 2 atom stereocenters. The Morgan fingerprint density at radius 1 is 1.43 bits per heavy atom. The van der Waals surface area contributed by atoms with E-state index >= 15 is 0 Å². The number of sulfone groups is 1. The minimum absolute atomic E-state index is 0.0886. The van der Waals surface area contributed by atoms with Gasteiger partial charge in [0.05, 0.1) is 17.1 Å². The van der Waals surface area contributed by atoms with Crippen molar-refractivity contribution in [1.82, 2.24) is 4.90 Å². The highest BCUT2D eigenvalue weighted by molar-refractivity contribution is 7.90. The van der Waals surface area contributed by atoms with E-state index in [0.717, 1.165) is 6.26 Å². The van der Waals surface area contributed by atoms with Gasteiger partial charge in [-0.25, -0.2) is 8.42 Å². The first-order valence-corrected chi connectivity index (χ1v) is 8.65. The molecule has 1 aromatic rings. The SMILES string of the molecule is CC1CN(C(=O)c2cccc(S(C)(=O)=O)c2)CC(CN)O1. The lowest BCUT2D eigenvalue weighted by Gasteiger charge is -2.36. The number of nitrogens with two attached hydrogens (primary N) is 1. The number of rotatable bonds is 3. The van der Waals surface area contributed by atoms with Crippen molar-refractivity contribution in [3.63, 3.8) is 0 Å². The van der Waals surface area contributed by atoms with Crippen LogP contribution in [-0.4, -0.2) is 57.3 Å². The number of amides is 1. The molecule has 1 aromatic carbocycles. The van der Waals surface area contributed by atoms with Crippen LogP contribution in [0.25, 0.3) is 0 Å². The number of hydrogen-bond donors (Lipinski definition) is 1. The largest absolute Gasteiger partial charge is 0.370 e. The first kappa shape index (κ1) is 15.9. The molecule has 1 fully saturated rings. The summed E-state index contributed by atoms with van der Waals surface area (Å²) in [6.07, 6.45) is 0.850. The third-order valence-corrected chi connectivity index (χ3v) is 4.50. The van der Waals surface area contributed by atoms with Crippen LogP contribution in [0.3, 0.4) is 0 Å². The first-order chi connectivity index (χ1) is 9.81. The minimum Gasteiger partial charge on any atom is -0.370 e. The van der Waals surface area contributed by atoms with Gasteiger partial charge >= 0.3 is 0 Å². The fourth-order valence-corrected chi connectivity index (χ4v) is 3.05. The number of ether oxygens (including phenoxy) is 1. The predicted octanol–water partition coefficient (Wildman–Crippen LogP) is 0.278. The molecule has 0 aromatic heterocycles. The van der Waals surface area contributed by atoms with E-state index in [9.17, 15) is 13.2 Å². The van der Waals surface area contributed by atoms with Gasteiger partial charge in [0.2, 0.25) is 0 Å². The van der Waals surface area contributed by atoms with E-state index in [-0.39, 0.29) is 23.0 Å². The van der Waals surface area contributed by atoms with Crippen LogP contribution in [0.5, 0.6) is 0 Å². The average Bonchev–Trinajstić information content (AvgIpc) is 2.45. The molecule has 2 N–H and O–H groups in total. The molecule has 116 valence electrons. The van der Waals surface area contributed by atoms with Gasteiger partial charge in [0, 0.05) is 31.5 Å². The minimum atomic E-state index is -3.33. The summed E-state index contributed by atoms with van der Waals surface area (Å²) in [4.78, 5) is 14.3. The van der Waals surface area contributed by atoms with E-state index < -0.39 is 9.84 Å². The van der Waals surface area contributed by atoms with Crippen LogP contribution >= 0.6 is 0 Å². The number of morpholine rings is 1. The highest BCUT2D eigenvalue weighted by Gasteiger charge is 2.28. The maximum Gasteiger partial charge on any atom is 0.254 e. The van der Waals surface area contributed by atoms with Crippen LogP contribution in [0.4, 0.5) is 0 Å². The van der Waals surface area contributed by atoms with Gasteiger partial charge in [-0.15, -0.1) is 0 Å². The summed E-state index contributed by atoms with van der Waals surface area (Å²) in [5.41, 5.74) is 5.97. The molecule has 1 heterocycles. The normalized spacial score (nSPS) is 23.1. The van der Waals surface area contributed by atoms with Crippen molar-refractivity contribution in [2.45, 2.75) is 24.0 Å². The summed E-state index contributed by atoms with van der Waals surface area (Å²) in [5.74, 6) is -0.200. The fraction of sp³-hybridized carbons (Fsp3) is 0.500. The maximum absolute atomic E-state index is 12.5. The Balaban J connectivity index is 2.24. The number of benzene rings is 1. The molecule has 7 heteroatoms. The average molecular weight is 312 g/mol. The summed E-state index contributed by atoms with van der Waals surface area (Å²) in [5, 5.41) is 0. The van der Waals surface area contributed by atoms with Gasteiger partial charge in [0.15, 0.2) is 9.84 Å². The second-order valence-corrected chi connectivity index (χ2v) is 7.33. The molecule has 0 bridgehead atoms. The van der Waals surface area contributed by atoms with Gasteiger partial charge < -0.3 is 15.4 Å². The molecule has 0 spiro atoms. The Bertz CT molecular complexity index is 630. The highest BCUT2D eigenvalue weighted by atomic mass is 32.2. The number of hydrogen-bond acceptors (Lipinski definition) is 5. The number of nitrogens with zero attached hydrogens (tertiary/aromatic N) is 1. The second-order valence-electron chi connectivity index (χ2n) is 5.31. The summed E-state index contributed by atoms with van der Waals surface area (Å²) < 4.78 is 28.8. The molecule has 2 unspecified atom stereocenters. The summed E-state index contributed by atoms with van der Waals surface area (Å²) in [7, 11) is -3.33. The molecule has 21 heavy (non-hydrogen) atoms. The predicted molar refractivity (Wildman–Crippen MR) is 78.8 cm³/mol. The lowest BCUT2D eigenvalue weighted by atomic mass is 10.1. The molecule has 2 rings (SSSR count). The molecule has 0 radical (unpaired) electrons. The van der Waals surface area contributed by atoms with E-state index in [0.29, 0.717) is 25.2 Å². The van der Waals surface area contributed by atoms with Gasteiger partial charge in [-0.05, 0) is 25.1 Å². The molecular weight excluding hydrogens is 292 g/mol. The highest BCUT2D eigenvalue weighted by Crippen LogP contribution is 2.17. The van der Waals surface area contributed by atoms with E-state index in [2.05, 4.69) is 0 Å². The van der Waals surface area contributed by atoms with Crippen molar-refractivity contribution in [2.75, 3.05) is 25.9 Å². The Kier molecular flexibility index (Phi) is 4.65. The third-order valence-electron chi connectivity index (χ3n) is 3.39. The summed E-state index contributed by atoms with van der Waals surface area (Å²) >= 11 is 0. The van der Waals surface area contributed by atoms with Crippen molar-refractivity contribution in [1.29, 1.82) is 0 Å². The molecule has 1 amide bonds. The fourth-order valence-electron chi connectivity index (χ4n) is 2.38. The molecule has 1 saturated heterocycles. The number of carbonyl (C=O) groups is 1. The second kappa shape index (κ2) is 6.13. The quantitative estimate of drug-likeness (QED) is 0.866. The summed E-state index contributed by atoms with van der Waals surface area (Å²) in [6.45, 7) is 3.12. The van der Waals surface area contributed by atoms with E-state index in [1.165, 1.54) is 12.1 Å². The van der Waals surface area contributed by atoms with Crippen LogP contribution in [0.15, 0.2) is 29.2 Å². The van der Waals surface area contributed by atoms with Crippen molar-refractivity contribution in [2.24, 2.45) is 5.73 Å². The zero-order chi connectivity index (χ0) is 15.6. The van der Waals surface area contributed by atoms with Gasteiger partial charge in [0.1, 0.15) is 0 Å². The zero-order valence-electron chi connectivity index (χ0n) is 12.2. The number of carbonyl (C=O) groups excluding carboxylic acids is 1. The maximum atomic E-state index is 12.5. The Hall–Kier alpha value is -1.44. The standard InChI is InChI=1S/C14H20N2O4S/c1-10-8-16(9-12(7-15)20-10)14(17)11-4-3-5-13(6-11)21(2,18)19/h3-6,10,12H,7-9,15H2,1-2H3. The van der Waals surface area contributed by atoms with Gasteiger partial charge in [-0.1, -0.05) is 6.07 Å². The smallest absolute Gasteiger partial charge is 0.254 e. The van der Waals surface area contributed by atoms with Crippen molar-refractivity contribution in [3.8, 4) is 0 Å². The van der Waals surface area contributed by atoms with Crippen LogP contribution in [0, 0.1) is 0 Å². The Morgan fingerprint density at radius 3 is 2.76 bits per heavy atom. The van der Waals surface area contributed by atoms with Crippen LogP contribution < -0.4 is 5.73 Å². The molecule has 0 saturated carbocycles. The zero-order valence-corrected chi connectivity index (χ0v) is 13.0. The van der Waals surface area contributed by atoms with Gasteiger partial charge in [0.25, 0.3) is 5.91 Å². The van der Waals surface area contributed by atoms with Gasteiger partial charge in [-0.2, -0.15) is 0 Å². The molecule has 1 aliphatic heterocycles. The lowest BCUT2D eigenvalue weighted by molar-refractivity contribution is -0.0625. The van der Waals surface area contributed by atoms with Crippen LogP contribution in [0.2, 0.25) is 0 Å². The Labute approximate surface area is 124 Å². The topological polar surface area (TPSA) is 89.7 Å². The van der Waals surface area contributed by atoms with Crippen LogP contribution in [0.1, 0.15) is 17.3 Å². The van der Waals surface area contributed by atoms with Crippen molar-refractivity contribution in [3.05, 3.63) is 29.8 Å². The van der Waals surface area contributed by atoms with Crippen molar-refractivity contribution >= 4 is 15.7 Å². The molecular formula is C14H20N2O4S. The van der Waals surface area contributed by atoms with E-state index in [1.54, 1.807) is 17.0 Å². The van der Waals surface area contributed by atoms with Crippen molar-refractivity contribution < 1.29 is 17.9 Å². The molecule has 6 nitrogen and oxygen atoms in total. The Morgan fingerprint density at radius 2 is 2.14 bits per heavy atom. The van der Waals surface area contributed by atoms with Crippen LogP contribution in [-0.2, 0) is 14.6 Å². The third kappa shape index (κ3) is 3.81. The summed E-state index contributed by atoms with van der Waals surface area (Å²) in [6, 6.07) is 6.09. The van der Waals surface area contributed by atoms with Gasteiger partial charge in [-0.3, -0.25) is 4.79 Å². The lowest BCUT2D eigenvalue weighted by Crippen LogP contribution is -2.51. The van der Waals surface area contributed by atoms with E-state index in [1.807, 2.05) is 6.92 Å². The first-order valence-electron chi connectivity index (χ1n) is 6.76. The monoisotopic (exact) mass is 312 g/mol. The molecule has 0 aliphatic carbocycles.